The summed E-state index contributed by atoms with van der Waals surface area (Å²) in [7, 11) is 1.75. The van der Waals surface area contributed by atoms with Crippen molar-refractivity contribution >= 4 is 0 Å². The molecule has 78 valence electrons. The molecule has 0 unspecified atom stereocenters. The standard InChI is InChI=1S/C10H22N2O/c1-8(7-13-2)12-10-5-3-9(11)4-6-10/h8-10,12H,3-7,11H2,1-2H3/t8-,9?,10?/m0/s1. The lowest BCUT2D eigenvalue weighted by molar-refractivity contribution is 0.161. The van der Waals surface area contributed by atoms with Gasteiger partial charge in [-0.3, -0.25) is 0 Å². The van der Waals surface area contributed by atoms with Gasteiger partial charge in [-0.2, -0.15) is 0 Å². The number of hydrogen-bond donors (Lipinski definition) is 2. The van der Waals surface area contributed by atoms with Gasteiger partial charge in [0.15, 0.2) is 0 Å². The summed E-state index contributed by atoms with van der Waals surface area (Å²) in [4.78, 5) is 0. The van der Waals surface area contributed by atoms with Crippen LogP contribution in [0.2, 0.25) is 0 Å². The average molecular weight is 186 g/mol. The zero-order chi connectivity index (χ0) is 9.68. The highest BCUT2D eigenvalue weighted by atomic mass is 16.5. The highest BCUT2D eigenvalue weighted by Crippen LogP contribution is 2.17. The van der Waals surface area contributed by atoms with E-state index in [2.05, 4.69) is 12.2 Å². The van der Waals surface area contributed by atoms with Gasteiger partial charge in [-0.1, -0.05) is 0 Å². The fraction of sp³-hybridized carbons (Fsp3) is 1.00. The second-order valence-electron chi connectivity index (χ2n) is 4.13. The summed E-state index contributed by atoms with van der Waals surface area (Å²) in [5.74, 6) is 0. The number of nitrogens with two attached hydrogens (primary N) is 1. The Morgan fingerprint density at radius 1 is 1.38 bits per heavy atom. The third kappa shape index (κ3) is 4.07. The Morgan fingerprint density at radius 3 is 2.54 bits per heavy atom. The summed E-state index contributed by atoms with van der Waals surface area (Å²) in [5.41, 5.74) is 5.83. The van der Waals surface area contributed by atoms with Crippen molar-refractivity contribution in [1.29, 1.82) is 0 Å². The first-order valence-corrected chi connectivity index (χ1v) is 5.23. The minimum absolute atomic E-state index is 0.441. The van der Waals surface area contributed by atoms with Crippen molar-refractivity contribution in [2.75, 3.05) is 13.7 Å². The molecular weight excluding hydrogens is 164 g/mol. The van der Waals surface area contributed by atoms with E-state index in [1.165, 1.54) is 12.8 Å². The molecule has 1 atom stereocenters. The topological polar surface area (TPSA) is 47.3 Å². The van der Waals surface area contributed by atoms with Crippen molar-refractivity contribution in [3.8, 4) is 0 Å². The predicted octanol–water partition coefficient (Wildman–Crippen LogP) is 0.881. The summed E-state index contributed by atoms with van der Waals surface area (Å²) in [5, 5.41) is 3.56. The first-order valence-electron chi connectivity index (χ1n) is 5.23. The Bertz CT molecular complexity index is 133. The van der Waals surface area contributed by atoms with E-state index in [9.17, 15) is 0 Å². The van der Waals surface area contributed by atoms with E-state index in [1.54, 1.807) is 7.11 Å². The van der Waals surface area contributed by atoms with Crippen LogP contribution < -0.4 is 11.1 Å². The molecule has 0 radical (unpaired) electrons. The number of ether oxygens (including phenoxy) is 1. The van der Waals surface area contributed by atoms with Crippen LogP contribution in [0.1, 0.15) is 32.6 Å². The highest BCUT2D eigenvalue weighted by molar-refractivity contribution is 4.80. The zero-order valence-electron chi connectivity index (χ0n) is 8.75. The van der Waals surface area contributed by atoms with Gasteiger partial charge >= 0.3 is 0 Å². The zero-order valence-corrected chi connectivity index (χ0v) is 8.75. The van der Waals surface area contributed by atoms with Crippen LogP contribution in [0.3, 0.4) is 0 Å². The minimum atomic E-state index is 0.441. The maximum Gasteiger partial charge on any atom is 0.0613 e. The van der Waals surface area contributed by atoms with Crippen molar-refractivity contribution in [2.24, 2.45) is 5.73 Å². The smallest absolute Gasteiger partial charge is 0.0613 e. The van der Waals surface area contributed by atoms with Crippen LogP contribution in [0.15, 0.2) is 0 Å². The van der Waals surface area contributed by atoms with Gasteiger partial charge in [0, 0.05) is 25.2 Å². The summed E-state index contributed by atoms with van der Waals surface area (Å²) >= 11 is 0. The van der Waals surface area contributed by atoms with Crippen LogP contribution in [0.4, 0.5) is 0 Å². The molecule has 1 aliphatic carbocycles. The third-order valence-electron chi connectivity index (χ3n) is 2.71. The Hall–Kier alpha value is -0.120. The Balaban J connectivity index is 2.14. The summed E-state index contributed by atoms with van der Waals surface area (Å²) in [6.45, 7) is 2.96. The van der Waals surface area contributed by atoms with Crippen LogP contribution in [-0.4, -0.2) is 31.8 Å². The van der Waals surface area contributed by atoms with Gasteiger partial charge < -0.3 is 15.8 Å². The fourth-order valence-corrected chi connectivity index (χ4v) is 1.99. The van der Waals surface area contributed by atoms with Crippen molar-refractivity contribution in [2.45, 2.75) is 50.7 Å². The SMILES string of the molecule is COC[C@H](C)NC1CCC(N)CC1. The van der Waals surface area contributed by atoms with Gasteiger partial charge in [-0.15, -0.1) is 0 Å². The maximum absolute atomic E-state index is 5.83. The van der Waals surface area contributed by atoms with Crippen LogP contribution in [-0.2, 0) is 4.74 Å². The van der Waals surface area contributed by atoms with E-state index in [0.29, 0.717) is 18.1 Å². The molecule has 1 fully saturated rings. The largest absolute Gasteiger partial charge is 0.383 e. The normalized spacial score (nSPS) is 31.6. The maximum atomic E-state index is 5.83. The molecule has 0 heterocycles. The first-order chi connectivity index (χ1) is 6.22. The van der Waals surface area contributed by atoms with Gasteiger partial charge in [0.25, 0.3) is 0 Å². The second-order valence-corrected chi connectivity index (χ2v) is 4.13. The van der Waals surface area contributed by atoms with Crippen molar-refractivity contribution < 1.29 is 4.74 Å². The molecule has 0 amide bonds. The van der Waals surface area contributed by atoms with Gasteiger partial charge in [0.1, 0.15) is 0 Å². The summed E-state index contributed by atoms with van der Waals surface area (Å²) < 4.78 is 5.08. The molecule has 0 aromatic heterocycles. The van der Waals surface area contributed by atoms with Crippen LogP contribution in [0.25, 0.3) is 0 Å². The molecule has 1 saturated carbocycles. The van der Waals surface area contributed by atoms with Gasteiger partial charge in [-0.05, 0) is 32.6 Å². The molecule has 0 aliphatic heterocycles. The molecule has 0 saturated heterocycles. The van der Waals surface area contributed by atoms with E-state index in [4.69, 9.17) is 10.5 Å². The lowest BCUT2D eigenvalue weighted by Crippen LogP contribution is -2.43. The van der Waals surface area contributed by atoms with Gasteiger partial charge in [0.2, 0.25) is 0 Å². The Kier molecular flexibility index (Phi) is 4.70. The molecular formula is C10H22N2O. The van der Waals surface area contributed by atoms with E-state index in [0.717, 1.165) is 19.4 Å². The number of hydrogen-bond acceptors (Lipinski definition) is 3. The Morgan fingerprint density at radius 2 is 2.00 bits per heavy atom. The fourth-order valence-electron chi connectivity index (χ4n) is 1.99. The molecule has 3 N–H and O–H groups in total. The summed E-state index contributed by atoms with van der Waals surface area (Å²) in [6.07, 6.45) is 4.76. The lowest BCUT2D eigenvalue weighted by Gasteiger charge is -2.29. The van der Waals surface area contributed by atoms with Crippen molar-refractivity contribution in [1.82, 2.24) is 5.32 Å². The second kappa shape index (κ2) is 5.58. The lowest BCUT2D eigenvalue weighted by atomic mass is 9.91. The molecule has 0 aromatic rings. The van der Waals surface area contributed by atoms with Crippen molar-refractivity contribution in [3.05, 3.63) is 0 Å². The Labute approximate surface area is 81.0 Å². The van der Waals surface area contributed by atoms with Gasteiger partial charge in [-0.25, -0.2) is 0 Å². The summed E-state index contributed by atoms with van der Waals surface area (Å²) in [6, 6.07) is 1.56. The number of rotatable bonds is 4. The third-order valence-corrected chi connectivity index (χ3v) is 2.71. The van der Waals surface area contributed by atoms with E-state index in [1.807, 2.05) is 0 Å². The van der Waals surface area contributed by atoms with Crippen LogP contribution in [0.5, 0.6) is 0 Å². The first kappa shape index (κ1) is 11.0. The molecule has 3 heteroatoms. The van der Waals surface area contributed by atoms with Crippen LogP contribution in [0, 0.1) is 0 Å². The molecule has 3 nitrogen and oxygen atoms in total. The van der Waals surface area contributed by atoms with Crippen molar-refractivity contribution in [3.63, 3.8) is 0 Å². The van der Waals surface area contributed by atoms with Gasteiger partial charge in [0.05, 0.1) is 6.61 Å². The average Bonchev–Trinajstić information content (AvgIpc) is 2.09. The molecule has 0 aromatic carbocycles. The number of methoxy groups -OCH3 is 1. The van der Waals surface area contributed by atoms with Crippen LogP contribution >= 0.6 is 0 Å². The molecule has 0 bridgehead atoms. The van der Waals surface area contributed by atoms with E-state index >= 15 is 0 Å². The molecule has 1 aliphatic rings. The molecule has 0 spiro atoms. The predicted molar refractivity (Wildman–Crippen MR) is 54.7 cm³/mol. The quantitative estimate of drug-likeness (QED) is 0.685. The highest BCUT2D eigenvalue weighted by Gasteiger charge is 2.19. The minimum Gasteiger partial charge on any atom is -0.383 e. The number of nitrogens with one attached hydrogen (secondary N) is 1. The van der Waals surface area contributed by atoms with E-state index in [-0.39, 0.29) is 0 Å². The molecule has 13 heavy (non-hydrogen) atoms. The molecule has 1 rings (SSSR count). The van der Waals surface area contributed by atoms with E-state index < -0.39 is 0 Å². The monoisotopic (exact) mass is 186 g/mol.